The largest absolute Gasteiger partial charge is 0.307 e. The Morgan fingerprint density at radius 3 is 2.68 bits per heavy atom. The van der Waals surface area contributed by atoms with Crippen LogP contribution in [0.3, 0.4) is 0 Å². The lowest BCUT2D eigenvalue weighted by Gasteiger charge is -2.03. The van der Waals surface area contributed by atoms with E-state index in [1.54, 1.807) is 29.8 Å². The van der Waals surface area contributed by atoms with Crippen LogP contribution >= 0.6 is 11.3 Å². The number of aromatic nitrogens is 1. The van der Waals surface area contributed by atoms with Crippen molar-refractivity contribution < 1.29 is 12.8 Å². The van der Waals surface area contributed by atoms with E-state index in [9.17, 15) is 18.1 Å². The molecule has 0 bridgehead atoms. The summed E-state index contributed by atoms with van der Waals surface area (Å²) in [5.41, 5.74) is 1.40. The highest BCUT2D eigenvalue weighted by molar-refractivity contribution is 7.91. The van der Waals surface area contributed by atoms with Gasteiger partial charge in [0, 0.05) is 11.6 Å². The smallest absolute Gasteiger partial charge is 0.247 e. The van der Waals surface area contributed by atoms with Gasteiger partial charge in [-0.05, 0) is 36.8 Å². The zero-order valence-corrected chi connectivity index (χ0v) is 13.0. The number of benzene rings is 1. The molecule has 0 saturated heterocycles. The fourth-order valence-electron chi connectivity index (χ4n) is 2.21. The van der Waals surface area contributed by atoms with E-state index in [1.807, 2.05) is 6.07 Å². The molecule has 112 valence electrons. The summed E-state index contributed by atoms with van der Waals surface area (Å²) in [6.45, 7) is 1.63. The van der Waals surface area contributed by atoms with Gasteiger partial charge in [-0.25, -0.2) is 17.9 Å². The number of fused-ring (bicyclic) bond motifs is 1. The van der Waals surface area contributed by atoms with Crippen molar-refractivity contribution in [1.29, 1.82) is 5.26 Å². The maximum Gasteiger partial charge on any atom is 0.247 e. The molecule has 0 spiro atoms. The molecule has 3 aromatic rings. The summed E-state index contributed by atoms with van der Waals surface area (Å²) in [6.07, 6.45) is 1.56. The minimum atomic E-state index is -3.78. The van der Waals surface area contributed by atoms with Gasteiger partial charge in [0.1, 0.15) is 21.1 Å². The highest BCUT2D eigenvalue weighted by Gasteiger charge is 2.16. The van der Waals surface area contributed by atoms with Gasteiger partial charge in [0.15, 0.2) is 0 Å². The number of hydrogen-bond donors (Lipinski definition) is 1. The molecule has 0 unspecified atom stereocenters. The quantitative estimate of drug-likeness (QED) is 0.781. The fraction of sp³-hybridized carbons (Fsp3) is 0.0714. The highest BCUT2D eigenvalue weighted by atomic mass is 32.2. The van der Waals surface area contributed by atoms with Gasteiger partial charge in [0.2, 0.25) is 10.0 Å². The Morgan fingerprint density at radius 2 is 2.09 bits per heavy atom. The normalized spacial score (nSPS) is 11.7. The number of halogens is 1. The first-order chi connectivity index (χ1) is 10.3. The van der Waals surface area contributed by atoms with Crippen LogP contribution in [-0.4, -0.2) is 13.0 Å². The number of aryl methyl sites for hydroxylation is 1. The first kappa shape index (κ1) is 14.7. The van der Waals surface area contributed by atoms with Gasteiger partial charge in [-0.1, -0.05) is 0 Å². The first-order valence-electron chi connectivity index (χ1n) is 6.15. The monoisotopic (exact) mass is 335 g/mol. The topological polar surface area (TPSA) is 88.9 Å². The van der Waals surface area contributed by atoms with E-state index in [1.165, 1.54) is 12.1 Å². The van der Waals surface area contributed by atoms with Gasteiger partial charge in [-0.3, -0.25) is 0 Å². The lowest BCUT2D eigenvalue weighted by Crippen LogP contribution is -2.09. The lowest BCUT2D eigenvalue weighted by atomic mass is 10.1. The van der Waals surface area contributed by atoms with Crippen LogP contribution in [0.4, 0.5) is 4.39 Å². The predicted octanol–water partition coefficient (Wildman–Crippen LogP) is 2.66. The number of nitrogens with zero attached hydrogens (tertiary/aromatic N) is 2. The molecule has 0 fully saturated rings. The standard InChI is InChI=1S/C14H10FN3O2S2/c1-8-4-12-10(5-11(8)15)9(6-16)7-18(12)13-2-3-14(21-13)22(17,19)20/h2-5,7H,1H3,(H2,17,19,20). The molecule has 1 aromatic carbocycles. The Kier molecular flexibility index (Phi) is 3.29. The number of primary sulfonamides is 1. The van der Waals surface area contributed by atoms with Crippen LogP contribution in [0.2, 0.25) is 0 Å². The minimum Gasteiger partial charge on any atom is -0.307 e. The fourth-order valence-corrected chi connectivity index (χ4v) is 3.92. The number of nitrogens with two attached hydrogens (primary N) is 1. The van der Waals surface area contributed by atoms with Crippen LogP contribution < -0.4 is 5.14 Å². The Labute approximate surface area is 130 Å². The molecule has 0 atom stereocenters. The summed E-state index contributed by atoms with van der Waals surface area (Å²) >= 11 is 0.988. The van der Waals surface area contributed by atoms with Crippen molar-refractivity contribution in [3.63, 3.8) is 0 Å². The molecule has 0 aliphatic rings. The van der Waals surface area contributed by atoms with Crippen molar-refractivity contribution in [2.24, 2.45) is 5.14 Å². The van der Waals surface area contributed by atoms with Crippen molar-refractivity contribution in [3.05, 3.63) is 47.4 Å². The molecular weight excluding hydrogens is 325 g/mol. The van der Waals surface area contributed by atoms with Crippen LogP contribution in [-0.2, 0) is 10.0 Å². The molecule has 2 heterocycles. The van der Waals surface area contributed by atoms with E-state index in [-0.39, 0.29) is 4.21 Å². The number of nitriles is 1. The molecule has 0 radical (unpaired) electrons. The van der Waals surface area contributed by atoms with Gasteiger partial charge in [0.05, 0.1) is 11.1 Å². The van der Waals surface area contributed by atoms with Crippen molar-refractivity contribution in [3.8, 4) is 11.1 Å². The van der Waals surface area contributed by atoms with E-state index >= 15 is 0 Å². The minimum absolute atomic E-state index is 0.0293. The third-order valence-corrected chi connectivity index (χ3v) is 5.81. The second kappa shape index (κ2) is 4.91. The summed E-state index contributed by atoms with van der Waals surface area (Å²) in [5, 5.41) is 15.4. The van der Waals surface area contributed by atoms with Crippen LogP contribution in [0.5, 0.6) is 0 Å². The van der Waals surface area contributed by atoms with Crippen LogP contribution in [0.15, 0.2) is 34.7 Å². The number of thiophene rings is 1. The van der Waals surface area contributed by atoms with Crippen molar-refractivity contribution >= 4 is 32.3 Å². The molecule has 2 aromatic heterocycles. The van der Waals surface area contributed by atoms with E-state index in [4.69, 9.17) is 5.14 Å². The van der Waals surface area contributed by atoms with Gasteiger partial charge in [-0.15, -0.1) is 11.3 Å². The Balaban J connectivity index is 2.30. The average molecular weight is 335 g/mol. The SMILES string of the molecule is Cc1cc2c(cc1F)c(C#N)cn2-c1ccc(S(N)(=O)=O)s1. The van der Waals surface area contributed by atoms with Gasteiger partial charge in [0.25, 0.3) is 0 Å². The second-order valence-corrected chi connectivity index (χ2v) is 7.63. The van der Waals surface area contributed by atoms with Crippen molar-refractivity contribution in [2.75, 3.05) is 0 Å². The predicted molar refractivity (Wildman–Crippen MR) is 81.9 cm³/mol. The summed E-state index contributed by atoms with van der Waals surface area (Å²) in [7, 11) is -3.78. The third-order valence-electron chi connectivity index (χ3n) is 3.29. The Bertz CT molecular complexity index is 1040. The van der Waals surface area contributed by atoms with Gasteiger partial charge in [-0.2, -0.15) is 5.26 Å². The molecule has 3 rings (SSSR count). The number of hydrogen-bond acceptors (Lipinski definition) is 4. The highest BCUT2D eigenvalue weighted by Crippen LogP contribution is 2.31. The molecule has 0 aliphatic heterocycles. The third kappa shape index (κ3) is 2.29. The molecule has 8 heteroatoms. The zero-order chi connectivity index (χ0) is 16.1. The molecular formula is C14H10FN3O2S2. The van der Waals surface area contributed by atoms with Crippen LogP contribution in [0, 0.1) is 24.1 Å². The summed E-state index contributed by atoms with van der Waals surface area (Å²) < 4.78 is 38.2. The second-order valence-electron chi connectivity index (χ2n) is 4.78. The van der Waals surface area contributed by atoms with E-state index < -0.39 is 15.8 Å². The average Bonchev–Trinajstić information content (AvgIpc) is 3.03. The van der Waals surface area contributed by atoms with Crippen LogP contribution in [0.25, 0.3) is 15.9 Å². The first-order valence-corrected chi connectivity index (χ1v) is 8.52. The van der Waals surface area contributed by atoms with Gasteiger partial charge >= 0.3 is 0 Å². The van der Waals surface area contributed by atoms with E-state index in [0.29, 0.717) is 27.0 Å². The maximum absolute atomic E-state index is 13.7. The molecule has 0 saturated carbocycles. The number of sulfonamides is 1. The van der Waals surface area contributed by atoms with Crippen LogP contribution in [0.1, 0.15) is 11.1 Å². The van der Waals surface area contributed by atoms with E-state index in [0.717, 1.165) is 11.3 Å². The molecule has 0 aliphatic carbocycles. The zero-order valence-electron chi connectivity index (χ0n) is 11.4. The van der Waals surface area contributed by atoms with Crippen molar-refractivity contribution in [2.45, 2.75) is 11.1 Å². The molecule has 0 amide bonds. The molecule has 2 N–H and O–H groups in total. The van der Waals surface area contributed by atoms with E-state index in [2.05, 4.69) is 0 Å². The summed E-state index contributed by atoms with van der Waals surface area (Å²) in [4.78, 5) is 0. The molecule has 5 nitrogen and oxygen atoms in total. The maximum atomic E-state index is 13.7. The van der Waals surface area contributed by atoms with Gasteiger partial charge < -0.3 is 4.57 Å². The molecule has 22 heavy (non-hydrogen) atoms. The summed E-state index contributed by atoms with van der Waals surface area (Å²) in [6, 6.07) is 7.97. The summed E-state index contributed by atoms with van der Waals surface area (Å²) in [5.74, 6) is -0.391. The van der Waals surface area contributed by atoms with Crippen molar-refractivity contribution in [1.82, 2.24) is 4.57 Å². The Hall–Kier alpha value is -2.21. The Morgan fingerprint density at radius 1 is 1.36 bits per heavy atom. The number of rotatable bonds is 2. The lowest BCUT2D eigenvalue weighted by molar-refractivity contribution is 0.600.